The zero-order valence-electron chi connectivity index (χ0n) is 9.30. The first-order chi connectivity index (χ1) is 7.92. The number of esters is 1. The first-order valence-electron chi connectivity index (χ1n) is 4.80. The monoisotopic (exact) mass is 262 g/mol. The first kappa shape index (κ1) is 13.7. The van der Waals surface area contributed by atoms with Gasteiger partial charge < -0.3 is 14.5 Å². The van der Waals surface area contributed by atoms with Crippen LogP contribution in [0.3, 0.4) is 0 Å². The number of nitrogens with two attached hydrogens (primary N) is 1. The molecule has 1 aromatic heterocycles. The summed E-state index contributed by atoms with van der Waals surface area (Å²) < 4.78 is 30.9. The minimum atomic E-state index is -3.46. The molecule has 8 heteroatoms. The van der Waals surface area contributed by atoms with E-state index in [0.29, 0.717) is 12.3 Å². The van der Waals surface area contributed by atoms with E-state index in [1.807, 2.05) is 0 Å². The molecule has 3 N–H and O–H groups in total. The van der Waals surface area contributed by atoms with Gasteiger partial charge in [0.2, 0.25) is 15.8 Å². The molecule has 1 heterocycles. The van der Waals surface area contributed by atoms with E-state index >= 15 is 0 Å². The number of carbonyl (C=O) groups excluding carboxylic acids is 1. The number of nitrogens with one attached hydrogen (secondary N) is 1. The molecule has 0 amide bonds. The lowest BCUT2D eigenvalue weighted by Crippen LogP contribution is -2.26. The highest BCUT2D eigenvalue weighted by atomic mass is 32.2. The van der Waals surface area contributed by atoms with Gasteiger partial charge in [-0.15, -0.1) is 0 Å². The van der Waals surface area contributed by atoms with E-state index < -0.39 is 16.0 Å². The van der Waals surface area contributed by atoms with Crippen LogP contribution >= 0.6 is 0 Å². The largest absolute Gasteiger partial charge is 0.463 e. The summed E-state index contributed by atoms with van der Waals surface area (Å²) in [6, 6.07) is 3.10. The lowest BCUT2D eigenvalue weighted by atomic mass is 10.4. The van der Waals surface area contributed by atoms with E-state index in [9.17, 15) is 13.2 Å². The highest BCUT2D eigenvalue weighted by Crippen LogP contribution is 2.08. The number of carbonyl (C=O) groups is 1. The van der Waals surface area contributed by atoms with E-state index in [2.05, 4.69) is 10.1 Å². The van der Waals surface area contributed by atoms with Gasteiger partial charge in [0.15, 0.2) is 0 Å². The Bertz CT molecular complexity index is 479. The van der Waals surface area contributed by atoms with Gasteiger partial charge in [0.1, 0.15) is 5.76 Å². The second kappa shape index (κ2) is 5.80. The number of ether oxygens (including phenoxy) is 1. The summed E-state index contributed by atoms with van der Waals surface area (Å²) in [5.41, 5.74) is 0. The Morgan fingerprint density at radius 2 is 2.24 bits per heavy atom. The average molecular weight is 262 g/mol. The van der Waals surface area contributed by atoms with Crippen LogP contribution in [-0.4, -0.2) is 33.8 Å². The fraction of sp³-hybridized carbons (Fsp3) is 0.444. The van der Waals surface area contributed by atoms with Gasteiger partial charge in [-0.25, -0.2) is 18.4 Å². The van der Waals surface area contributed by atoms with Gasteiger partial charge in [0.05, 0.1) is 19.4 Å². The standard InChI is InChI=1S/C9H14N2O5S/c1-15-9(12)8-3-2-7(16-8)6-11-4-5-17(10,13)14/h2-3,11H,4-6H2,1H3,(H2,10,13,14). The summed E-state index contributed by atoms with van der Waals surface area (Å²) in [4.78, 5) is 11.1. The number of primary sulfonamides is 1. The van der Waals surface area contributed by atoms with Crippen molar-refractivity contribution >= 4 is 16.0 Å². The summed E-state index contributed by atoms with van der Waals surface area (Å²) >= 11 is 0. The molecule has 0 atom stereocenters. The van der Waals surface area contributed by atoms with Crippen molar-refractivity contribution in [3.05, 3.63) is 23.7 Å². The van der Waals surface area contributed by atoms with E-state index in [1.165, 1.54) is 13.2 Å². The van der Waals surface area contributed by atoms with Crippen LogP contribution in [0.25, 0.3) is 0 Å². The smallest absolute Gasteiger partial charge is 0.373 e. The third kappa shape index (κ3) is 4.98. The van der Waals surface area contributed by atoms with Crippen LogP contribution in [0.4, 0.5) is 0 Å². The molecule has 0 aliphatic carbocycles. The maximum atomic E-state index is 11.1. The Kier molecular flexibility index (Phi) is 4.67. The number of furan rings is 1. The summed E-state index contributed by atoms with van der Waals surface area (Å²) in [5.74, 6) is -0.0891. The molecule has 0 spiro atoms. The molecule has 0 radical (unpaired) electrons. The van der Waals surface area contributed by atoms with Crippen molar-refractivity contribution in [3.8, 4) is 0 Å². The summed E-state index contributed by atoms with van der Waals surface area (Å²) in [5, 5.41) is 7.65. The Labute approximate surface area is 99.0 Å². The predicted molar refractivity (Wildman–Crippen MR) is 59.7 cm³/mol. The molecule has 1 rings (SSSR count). The lowest BCUT2D eigenvalue weighted by Gasteiger charge is -2.00. The Morgan fingerprint density at radius 1 is 1.53 bits per heavy atom. The summed E-state index contributed by atoms with van der Waals surface area (Å²) in [6.45, 7) is 0.527. The number of rotatable bonds is 6. The Morgan fingerprint density at radius 3 is 2.82 bits per heavy atom. The molecule has 0 fully saturated rings. The maximum absolute atomic E-state index is 11.1. The third-order valence-corrected chi connectivity index (χ3v) is 2.68. The first-order valence-corrected chi connectivity index (χ1v) is 6.52. The van der Waals surface area contributed by atoms with Crippen molar-refractivity contribution in [1.82, 2.24) is 5.32 Å². The molecule has 0 bridgehead atoms. The van der Waals surface area contributed by atoms with Crippen LogP contribution in [0.5, 0.6) is 0 Å². The molecular weight excluding hydrogens is 248 g/mol. The molecule has 96 valence electrons. The fourth-order valence-electron chi connectivity index (χ4n) is 1.11. The minimum Gasteiger partial charge on any atom is -0.463 e. The highest BCUT2D eigenvalue weighted by Gasteiger charge is 2.10. The third-order valence-electron chi connectivity index (χ3n) is 1.91. The molecule has 1 aromatic rings. The van der Waals surface area contributed by atoms with Gasteiger partial charge >= 0.3 is 5.97 Å². The number of sulfonamides is 1. The molecule has 0 unspecified atom stereocenters. The Balaban J connectivity index is 2.38. The predicted octanol–water partition coefficient (Wildman–Crippen LogP) is -0.556. The van der Waals surface area contributed by atoms with E-state index in [-0.39, 0.29) is 18.1 Å². The number of hydrogen-bond acceptors (Lipinski definition) is 6. The average Bonchev–Trinajstić information content (AvgIpc) is 2.70. The van der Waals surface area contributed by atoms with Gasteiger partial charge in [0.25, 0.3) is 0 Å². The van der Waals surface area contributed by atoms with Crippen molar-refractivity contribution in [2.24, 2.45) is 5.14 Å². The van der Waals surface area contributed by atoms with Gasteiger partial charge in [-0.2, -0.15) is 0 Å². The van der Waals surface area contributed by atoms with Gasteiger partial charge in [-0.05, 0) is 12.1 Å². The van der Waals surface area contributed by atoms with Gasteiger partial charge in [-0.3, -0.25) is 0 Å². The van der Waals surface area contributed by atoms with Crippen LogP contribution in [0, 0.1) is 0 Å². The van der Waals surface area contributed by atoms with Crippen molar-refractivity contribution < 1.29 is 22.4 Å². The van der Waals surface area contributed by atoms with Crippen LogP contribution in [0.1, 0.15) is 16.3 Å². The summed E-state index contributed by atoms with van der Waals surface area (Å²) in [7, 11) is -2.20. The Hall–Kier alpha value is -1.38. The van der Waals surface area contributed by atoms with E-state index in [4.69, 9.17) is 9.56 Å². The molecule has 0 aliphatic heterocycles. The van der Waals surface area contributed by atoms with E-state index in [0.717, 1.165) is 0 Å². The van der Waals surface area contributed by atoms with Crippen LogP contribution < -0.4 is 10.5 Å². The zero-order chi connectivity index (χ0) is 12.9. The lowest BCUT2D eigenvalue weighted by molar-refractivity contribution is 0.0563. The van der Waals surface area contributed by atoms with Crippen LogP contribution in [0.2, 0.25) is 0 Å². The molecular formula is C9H14N2O5S. The second-order valence-electron chi connectivity index (χ2n) is 3.30. The van der Waals surface area contributed by atoms with Gasteiger partial charge in [-0.1, -0.05) is 0 Å². The zero-order valence-corrected chi connectivity index (χ0v) is 10.1. The highest BCUT2D eigenvalue weighted by molar-refractivity contribution is 7.89. The molecule has 0 saturated heterocycles. The second-order valence-corrected chi connectivity index (χ2v) is 5.04. The molecule has 0 aliphatic rings. The normalized spacial score (nSPS) is 11.4. The van der Waals surface area contributed by atoms with Crippen molar-refractivity contribution in [2.45, 2.75) is 6.54 Å². The van der Waals surface area contributed by atoms with Crippen LogP contribution in [-0.2, 0) is 21.3 Å². The van der Waals surface area contributed by atoms with E-state index in [1.54, 1.807) is 6.07 Å². The molecule has 17 heavy (non-hydrogen) atoms. The van der Waals surface area contributed by atoms with Crippen molar-refractivity contribution in [3.63, 3.8) is 0 Å². The maximum Gasteiger partial charge on any atom is 0.373 e. The van der Waals surface area contributed by atoms with Crippen molar-refractivity contribution in [2.75, 3.05) is 19.4 Å². The summed E-state index contributed by atoms with van der Waals surface area (Å²) in [6.07, 6.45) is 0. The fourth-order valence-corrected chi connectivity index (χ4v) is 1.54. The minimum absolute atomic E-state index is 0.107. The molecule has 7 nitrogen and oxygen atoms in total. The van der Waals surface area contributed by atoms with Gasteiger partial charge in [0, 0.05) is 6.54 Å². The SMILES string of the molecule is COC(=O)c1ccc(CNCCS(N)(=O)=O)o1. The molecule has 0 aromatic carbocycles. The topological polar surface area (TPSA) is 112 Å². The van der Waals surface area contributed by atoms with Crippen molar-refractivity contribution in [1.29, 1.82) is 0 Å². The van der Waals surface area contributed by atoms with Crippen LogP contribution in [0.15, 0.2) is 16.5 Å². The number of hydrogen-bond donors (Lipinski definition) is 2. The quantitative estimate of drug-likeness (QED) is 0.525. The molecule has 0 saturated carbocycles. The number of methoxy groups -OCH3 is 1.